The van der Waals surface area contributed by atoms with E-state index in [9.17, 15) is 4.79 Å². The summed E-state index contributed by atoms with van der Waals surface area (Å²) in [6, 6.07) is 6.71. The third-order valence-electron chi connectivity index (χ3n) is 2.61. The summed E-state index contributed by atoms with van der Waals surface area (Å²) < 4.78 is 10.2. The van der Waals surface area contributed by atoms with Gasteiger partial charge in [-0.3, -0.25) is 0 Å². The Morgan fingerprint density at radius 2 is 2.05 bits per heavy atom. The molecule has 0 spiro atoms. The van der Waals surface area contributed by atoms with Crippen LogP contribution < -0.4 is 10.5 Å². The highest BCUT2D eigenvalue weighted by Gasteiger charge is 2.18. The minimum Gasteiger partial charge on any atom is -0.481 e. The number of rotatable bonds is 3. The molecule has 2 aromatic heterocycles. The molecule has 2 aromatic rings. The van der Waals surface area contributed by atoms with Crippen molar-refractivity contribution in [1.29, 1.82) is 0 Å². The summed E-state index contributed by atoms with van der Waals surface area (Å²) >= 11 is 3.24. The summed E-state index contributed by atoms with van der Waals surface area (Å²) in [5.41, 5.74) is 7.32. The molecule has 0 aliphatic heterocycles. The summed E-state index contributed by atoms with van der Waals surface area (Å²) in [6.45, 7) is 0. The lowest BCUT2D eigenvalue weighted by Gasteiger charge is -2.10. The number of ether oxygens (including phenoxy) is 2. The number of hydrogen-bond acceptors (Lipinski definition) is 6. The lowest BCUT2D eigenvalue weighted by molar-refractivity contribution is 0.0602. The fourth-order valence-corrected chi connectivity index (χ4v) is 2.06. The molecule has 20 heavy (non-hydrogen) atoms. The van der Waals surface area contributed by atoms with Crippen LogP contribution >= 0.6 is 15.9 Å². The summed E-state index contributed by atoms with van der Waals surface area (Å²) in [5.74, 6) is -0.0990. The third kappa shape index (κ3) is 2.72. The van der Waals surface area contributed by atoms with Crippen molar-refractivity contribution in [2.24, 2.45) is 0 Å². The van der Waals surface area contributed by atoms with Crippen molar-refractivity contribution in [3.63, 3.8) is 0 Å². The van der Waals surface area contributed by atoms with Gasteiger partial charge in [0.1, 0.15) is 10.3 Å². The van der Waals surface area contributed by atoms with Crippen molar-refractivity contribution in [3.05, 3.63) is 34.4 Å². The van der Waals surface area contributed by atoms with Gasteiger partial charge in [-0.15, -0.1) is 0 Å². The first-order valence-corrected chi connectivity index (χ1v) is 6.42. The average molecular weight is 338 g/mol. The molecule has 0 aromatic carbocycles. The average Bonchev–Trinajstić information content (AvgIpc) is 2.48. The number of nitrogen functional groups attached to an aromatic ring is 1. The van der Waals surface area contributed by atoms with Gasteiger partial charge in [-0.25, -0.2) is 14.8 Å². The van der Waals surface area contributed by atoms with Crippen molar-refractivity contribution in [1.82, 2.24) is 9.97 Å². The first-order valence-electron chi connectivity index (χ1n) is 5.62. The van der Waals surface area contributed by atoms with Gasteiger partial charge in [0, 0.05) is 6.07 Å². The van der Waals surface area contributed by atoms with E-state index < -0.39 is 5.97 Å². The van der Waals surface area contributed by atoms with Gasteiger partial charge in [-0.2, -0.15) is 0 Å². The maximum absolute atomic E-state index is 11.7. The molecule has 0 radical (unpaired) electrons. The van der Waals surface area contributed by atoms with Crippen LogP contribution in [-0.2, 0) is 4.74 Å². The molecule has 6 nitrogen and oxygen atoms in total. The molecule has 0 saturated heterocycles. The molecule has 2 rings (SSSR count). The number of methoxy groups -OCH3 is 2. The van der Waals surface area contributed by atoms with Crippen molar-refractivity contribution in [2.75, 3.05) is 20.0 Å². The largest absolute Gasteiger partial charge is 0.481 e. The van der Waals surface area contributed by atoms with Crippen LogP contribution in [0, 0.1) is 0 Å². The van der Waals surface area contributed by atoms with Gasteiger partial charge < -0.3 is 15.2 Å². The second-order valence-corrected chi connectivity index (χ2v) is 4.62. The lowest BCUT2D eigenvalue weighted by Crippen LogP contribution is -2.08. The molecular weight excluding hydrogens is 326 g/mol. The number of carbonyl (C=O) groups excluding carboxylic acids is 1. The Balaban J connectivity index is 2.61. The van der Waals surface area contributed by atoms with Crippen LogP contribution in [-0.4, -0.2) is 30.2 Å². The topological polar surface area (TPSA) is 87.3 Å². The van der Waals surface area contributed by atoms with Crippen LogP contribution in [0.25, 0.3) is 11.4 Å². The molecule has 0 unspecified atom stereocenters. The number of halogens is 1. The quantitative estimate of drug-likeness (QED) is 0.682. The highest BCUT2D eigenvalue weighted by Crippen LogP contribution is 2.29. The van der Waals surface area contributed by atoms with Gasteiger partial charge in [0.25, 0.3) is 0 Å². The molecule has 0 aliphatic rings. The van der Waals surface area contributed by atoms with Gasteiger partial charge in [0.2, 0.25) is 5.88 Å². The Labute approximate surface area is 124 Å². The minimum atomic E-state index is -0.533. The Kier molecular flexibility index (Phi) is 4.19. The van der Waals surface area contributed by atoms with E-state index in [1.807, 2.05) is 0 Å². The Morgan fingerprint density at radius 1 is 1.30 bits per heavy atom. The molecule has 0 amide bonds. The number of hydrogen-bond donors (Lipinski definition) is 1. The second kappa shape index (κ2) is 5.87. The summed E-state index contributed by atoms with van der Waals surface area (Å²) in [5, 5.41) is 0. The van der Waals surface area contributed by atoms with Crippen molar-refractivity contribution in [3.8, 4) is 17.3 Å². The van der Waals surface area contributed by atoms with Gasteiger partial charge in [-0.05, 0) is 28.1 Å². The monoisotopic (exact) mass is 337 g/mol. The Bertz CT molecular complexity index is 661. The zero-order valence-electron chi connectivity index (χ0n) is 10.9. The fraction of sp³-hybridized carbons (Fsp3) is 0.154. The number of nitrogens with zero attached hydrogens (tertiary/aromatic N) is 2. The first kappa shape index (κ1) is 14.3. The zero-order chi connectivity index (χ0) is 14.7. The van der Waals surface area contributed by atoms with E-state index in [4.69, 9.17) is 15.2 Å². The van der Waals surface area contributed by atoms with E-state index in [-0.39, 0.29) is 11.3 Å². The van der Waals surface area contributed by atoms with E-state index in [2.05, 4.69) is 25.9 Å². The number of aromatic nitrogens is 2. The van der Waals surface area contributed by atoms with Crippen LogP contribution in [0.5, 0.6) is 5.88 Å². The molecule has 2 N–H and O–H groups in total. The molecule has 0 aliphatic carbocycles. The Hall–Kier alpha value is -2.15. The van der Waals surface area contributed by atoms with Crippen LogP contribution in [0.4, 0.5) is 5.69 Å². The van der Waals surface area contributed by atoms with Crippen LogP contribution in [0.2, 0.25) is 0 Å². The normalized spacial score (nSPS) is 10.2. The van der Waals surface area contributed by atoms with Crippen molar-refractivity contribution in [2.45, 2.75) is 0 Å². The summed E-state index contributed by atoms with van der Waals surface area (Å²) in [7, 11) is 2.81. The van der Waals surface area contributed by atoms with E-state index in [1.54, 1.807) is 18.2 Å². The molecule has 0 bridgehead atoms. The smallest absolute Gasteiger partial charge is 0.340 e. The van der Waals surface area contributed by atoms with Crippen LogP contribution in [0.1, 0.15) is 10.4 Å². The number of carbonyl (C=O) groups is 1. The molecule has 2 heterocycles. The van der Waals surface area contributed by atoms with Gasteiger partial charge in [-0.1, -0.05) is 6.07 Å². The zero-order valence-corrected chi connectivity index (χ0v) is 12.5. The predicted octanol–water partition coefficient (Wildman–Crippen LogP) is 2.28. The fourth-order valence-electron chi connectivity index (χ4n) is 1.66. The molecule has 0 atom stereocenters. The lowest BCUT2D eigenvalue weighted by atomic mass is 10.1. The van der Waals surface area contributed by atoms with Crippen molar-refractivity contribution < 1.29 is 14.3 Å². The number of esters is 1. The third-order valence-corrected chi connectivity index (χ3v) is 3.01. The van der Waals surface area contributed by atoms with E-state index in [1.165, 1.54) is 20.3 Å². The maximum Gasteiger partial charge on any atom is 0.340 e. The van der Waals surface area contributed by atoms with Crippen molar-refractivity contribution >= 4 is 27.6 Å². The minimum absolute atomic E-state index is 0.209. The number of anilines is 1. The second-order valence-electron chi connectivity index (χ2n) is 3.81. The van der Waals surface area contributed by atoms with Crippen LogP contribution in [0.3, 0.4) is 0 Å². The number of nitrogens with two attached hydrogens (primary N) is 1. The predicted molar refractivity (Wildman–Crippen MR) is 77.5 cm³/mol. The molecular formula is C13H12BrN3O3. The standard InChI is InChI=1S/C13H12BrN3O3/c1-19-10-5-3-4-8(16-10)12-11(15)7(13(18)20-2)6-9(14)17-12/h3-6H,15H2,1-2H3. The van der Waals surface area contributed by atoms with Crippen LogP contribution in [0.15, 0.2) is 28.9 Å². The van der Waals surface area contributed by atoms with E-state index in [0.29, 0.717) is 21.9 Å². The summed E-state index contributed by atoms with van der Waals surface area (Å²) in [6.07, 6.45) is 0. The molecule has 104 valence electrons. The highest BCUT2D eigenvalue weighted by atomic mass is 79.9. The summed E-state index contributed by atoms with van der Waals surface area (Å²) in [4.78, 5) is 20.2. The number of pyridine rings is 2. The first-order chi connectivity index (χ1) is 9.56. The van der Waals surface area contributed by atoms with Gasteiger partial charge in [0.15, 0.2) is 0 Å². The molecule has 0 fully saturated rings. The van der Waals surface area contributed by atoms with E-state index in [0.717, 1.165) is 0 Å². The molecule has 7 heteroatoms. The van der Waals surface area contributed by atoms with Gasteiger partial charge >= 0.3 is 5.97 Å². The van der Waals surface area contributed by atoms with Gasteiger partial charge in [0.05, 0.1) is 31.2 Å². The SMILES string of the molecule is COC(=O)c1cc(Br)nc(-c2cccc(OC)n2)c1N. The van der Waals surface area contributed by atoms with E-state index >= 15 is 0 Å². The maximum atomic E-state index is 11.7. The molecule has 0 saturated carbocycles. The highest BCUT2D eigenvalue weighted by molar-refractivity contribution is 9.10. The Morgan fingerprint density at radius 3 is 2.70 bits per heavy atom.